The summed E-state index contributed by atoms with van der Waals surface area (Å²) in [6.07, 6.45) is 9.10. The molecule has 19 heavy (non-hydrogen) atoms. The van der Waals surface area contributed by atoms with E-state index < -0.39 is 5.97 Å². The highest BCUT2D eigenvalue weighted by Gasteiger charge is 2.26. The van der Waals surface area contributed by atoms with Gasteiger partial charge in [0.15, 0.2) is 0 Å². The molecule has 112 valence electrons. The Labute approximate surface area is 118 Å². The third-order valence-corrected chi connectivity index (χ3v) is 4.45. The minimum absolute atomic E-state index is 0.300. The van der Waals surface area contributed by atoms with Crippen LogP contribution in [0.25, 0.3) is 0 Å². The molecule has 1 saturated carbocycles. The van der Waals surface area contributed by atoms with Crippen LogP contribution in [0.1, 0.15) is 72.1 Å². The first-order valence-corrected chi connectivity index (χ1v) is 8.02. The maximum atomic E-state index is 10.6. The number of aliphatic carboxylic acids is 1. The van der Waals surface area contributed by atoms with E-state index in [1.807, 2.05) is 0 Å². The Hall–Kier alpha value is -0.570. The molecule has 0 atom stereocenters. The average Bonchev–Trinajstić information content (AvgIpc) is 2.35. The summed E-state index contributed by atoms with van der Waals surface area (Å²) in [5, 5.41) is 8.75. The Kier molecular flexibility index (Phi) is 7.44. The fourth-order valence-electron chi connectivity index (χ4n) is 3.45. The lowest BCUT2D eigenvalue weighted by atomic mass is 9.82. The highest BCUT2D eigenvalue weighted by Crippen LogP contribution is 2.31. The van der Waals surface area contributed by atoms with E-state index in [-0.39, 0.29) is 0 Å². The monoisotopic (exact) mass is 269 g/mol. The number of carboxylic acids is 1. The van der Waals surface area contributed by atoms with Crippen molar-refractivity contribution in [3.63, 3.8) is 0 Å². The van der Waals surface area contributed by atoms with Gasteiger partial charge in [-0.15, -0.1) is 0 Å². The van der Waals surface area contributed by atoms with E-state index >= 15 is 0 Å². The lowest BCUT2D eigenvalue weighted by Crippen LogP contribution is -2.43. The highest BCUT2D eigenvalue weighted by atomic mass is 16.4. The Morgan fingerprint density at radius 3 is 2.37 bits per heavy atom. The predicted octanol–water partition coefficient (Wildman–Crippen LogP) is 3.92. The second-order valence-corrected chi connectivity index (χ2v) is 6.29. The molecule has 0 spiro atoms. The third-order valence-electron chi connectivity index (χ3n) is 4.45. The lowest BCUT2D eigenvalue weighted by Gasteiger charge is -2.39. The van der Waals surface area contributed by atoms with Gasteiger partial charge in [-0.2, -0.15) is 0 Å². The van der Waals surface area contributed by atoms with Crippen LogP contribution < -0.4 is 0 Å². The summed E-state index contributed by atoms with van der Waals surface area (Å²) >= 11 is 0. The highest BCUT2D eigenvalue weighted by molar-refractivity contribution is 5.66. The molecule has 0 heterocycles. The molecule has 0 unspecified atom stereocenters. The van der Waals surface area contributed by atoms with Crippen molar-refractivity contribution in [1.29, 1.82) is 0 Å². The van der Waals surface area contributed by atoms with Gasteiger partial charge >= 0.3 is 5.97 Å². The van der Waals surface area contributed by atoms with Crippen LogP contribution >= 0.6 is 0 Å². The molecule has 0 saturated heterocycles. The van der Waals surface area contributed by atoms with Crippen molar-refractivity contribution in [1.82, 2.24) is 4.90 Å². The van der Waals surface area contributed by atoms with Crippen LogP contribution in [0.4, 0.5) is 0 Å². The van der Waals surface area contributed by atoms with Crippen molar-refractivity contribution in [3.05, 3.63) is 0 Å². The topological polar surface area (TPSA) is 40.5 Å². The van der Waals surface area contributed by atoms with Crippen LogP contribution in [0.2, 0.25) is 0 Å². The van der Waals surface area contributed by atoms with Gasteiger partial charge < -0.3 is 5.11 Å². The van der Waals surface area contributed by atoms with Crippen LogP contribution in [0.15, 0.2) is 0 Å². The lowest BCUT2D eigenvalue weighted by molar-refractivity contribution is -0.137. The molecule has 0 aromatic rings. The smallest absolute Gasteiger partial charge is 0.303 e. The summed E-state index contributed by atoms with van der Waals surface area (Å²) in [5.74, 6) is 0.268. The van der Waals surface area contributed by atoms with Crippen LogP contribution in [-0.2, 0) is 4.79 Å². The number of hydrogen-bond donors (Lipinski definition) is 1. The van der Waals surface area contributed by atoms with E-state index in [4.69, 9.17) is 5.11 Å². The second-order valence-electron chi connectivity index (χ2n) is 6.29. The van der Waals surface area contributed by atoms with E-state index in [0.29, 0.717) is 18.5 Å². The molecule has 0 aromatic heterocycles. The van der Waals surface area contributed by atoms with Gasteiger partial charge in [0.1, 0.15) is 0 Å². The first-order chi connectivity index (χ1) is 9.04. The molecule has 0 aliphatic heterocycles. The van der Waals surface area contributed by atoms with E-state index in [1.54, 1.807) is 0 Å². The summed E-state index contributed by atoms with van der Waals surface area (Å²) in [7, 11) is 0. The summed E-state index contributed by atoms with van der Waals surface area (Å²) in [6.45, 7) is 7.68. The minimum atomic E-state index is -0.671. The van der Waals surface area contributed by atoms with Crippen molar-refractivity contribution in [2.24, 2.45) is 5.92 Å². The molecule has 3 nitrogen and oxygen atoms in total. The minimum Gasteiger partial charge on any atom is -0.481 e. The van der Waals surface area contributed by atoms with Gasteiger partial charge in [0.2, 0.25) is 0 Å². The predicted molar refractivity (Wildman–Crippen MR) is 79.4 cm³/mol. The molecule has 1 rings (SSSR count). The van der Waals surface area contributed by atoms with Crippen LogP contribution in [0, 0.1) is 5.92 Å². The molecular formula is C16H31NO2. The van der Waals surface area contributed by atoms with Gasteiger partial charge in [0, 0.05) is 18.5 Å². The number of hydrogen-bond acceptors (Lipinski definition) is 2. The Morgan fingerprint density at radius 1 is 1.26 bits per heavy atom. The maximum Gasteiger partial charge on any atom is 0.303 e. The van der Waals surface area contributed by atoms with Gasteiger partial charge in [-0.05, 0) is 58.4 Å². The van der Waals surface area contributed by atoms with Gasteiger partial charge in [0.25, 0.3) is 0 Å². The number of carbonyl (C=O) groups is 1. The molecule has 3 heteroatoms. The molecule has 1 N–H and O–H groups in total. The van der Waals surface area contributed by atoms with E-state index in [2.05, 4.69) is 25.7 Å². The third kappa shape index (κ3) is 5.94. The molecule has 1 fully saturated rings. The molecule has 0 amide bonds. The van der Waals surface area contributed by atoms with Crippen molar-refractivity contribution in [2.45, 2.75) is 84.2 Å². The number of rotatable bonds is 8. The van der Waals surface area contributed by atoms with E-state index in [0.717, 1.165) is 18.9 Å². The summed E-state index contributed by atoms with van der Waals surface area (Å²) in [4.78, 5) is 13.2. The zero-order valence-electron chi connectivity index (χ0n) is 12.9. The van der Waals surface area contributed by atoms with E-state index in [1.165, 1.54) is 38.5 Å². The first-order valence-electron chi connectivity index (χ1n) is 8.02. The number of nitrogens with zero attached hydrogens (tertiary/aromatic N) is 1. The Bertz CT molecular complexity index is 257. The second kappa shape index (κ2) is 8.57. The zero-order valence-corrected chi connectivity index (χ0v) is 12.9. The molecule has 1 aliphatic rings. The molecule has 1 aliphatic carbocycles. The van der Waals surface area contributed by atoms with E-state index in [9.17, 15) is 4.79 Å². The van der Waals surface area contributed by atoms with Crippen molar-refractivity contribution < 1.29 is 9.90 Å². The maximum absolute atomic E-state index is 10.6. The zero-order chi connectivity index (χ0) is 14.3. The summed E-state index contributed by atoms with van der Waals surface area (Å²) < 4.78 is 0. The quantitative estimate of drug-likeness (QED) is 0.726. The SMILES string of the molecule is CCCC1CCC(N(CCCC(=O)O)C(C)C)CC1. The largest absolute Gasteiger partial charge is 0.481 e. The molecule has 0 radical (unpaired) electrons. The molecule has 0 aromatic carbocycles. The first kappa shape index (κ1) is 16.5. The van der Waals surface area contributed by atoms with Crippen LogP contribution in [-0.4, -0.2) is 34.6 Å². The van der Waals surface area contributed by atoms with Gasteiger partial charge in [-0.3, -0.25) is 9.69 Å². The molecule has 0 bridgehead atoms. The van der Waals surface area contributed by atoms with Crippen molar-refractivity contribution >= 4 is 5.97 Å². The van der Waals surface area contributed by atoms with Crippen molar-refractivity contribution in [3.8, 4) is 0 Å². The summed E-state index contributed by atoms with van der Waals surface area (Å²) in [6, 6.07) is 1.21. The van der Waals surface area contributed by atoms with Gasteiger partial charge in [0.05, 0.1) is 0 Å². The fraction of sp³-hybridized carbons (Fsp3) is 0.938. The fourth-order valence-corrected chi connectivity index (χ4v) is 3.45. The normalized spacial score (nSPS) is 24.1. The Balaban J connectivity index is 2.38. The summed E-state index contributed by atoms with van der Waals surface area (Å²) in [5.41, 5.74) is 0. The van der Waals surface area contributed by atoms with Gasteiger partial charge in [-0.25, -0.2) is 0 Å². The van der Waals surface area contributed by atoms with Crippen LogP contribution in [0.5, 0.6) is 0 Å². The standard InChI is InChI=1S/C16H31NO2/c1-4-6-14-8-10-15(11-9-14)17(13(2)3)12-5-7-16(18)19/h13-15H,4-12H2,1-3H3,(H,18,19). The Morgan fingerprint density at radius 2 is 1.89 bits per heavy atom. The molecular weight excluding hydrogens is 238 g/mol. The van der Waals surface area contributed by atoms with Gasteiger partial charge in [-0.1, -0.05) is 19.8 Å². The average molecular weight is 269 g/mol. The van der Waals surface area contributed by atoms with Crippen molar-refractivity contribution in [2.75, 3.05) is 6.54 Å². The van der Waals surface area contributed by atoms with Crippen LogP contribution in [0.3, 0.4) is 0 Å². The number of carboxylic acid groups (broad SMARTS) is 1.